The summed E-state index contributed by atoms with van der Waals surface area (Å²) in [5, 5.41) is 0.0926. The van der Waals surface area contributed by atoms with E-state index in [0.717, 1.165) is 22.2 Å². The van der Waals surface area contributed by atoms with Crippen molar-refractivity contribution in [2.45, 2.75) is 0 Å². The SMILES string of the molecule is Fc1ccc(-c2cncc3[nH]cnc23)cc1Cl. The van der Waals surface area contributed by atoms with Gasteiger partial charge in [0.25, 0.3) is 0 Å². The molecule has 0 saturated heterocycles. The van der Waals surface area contributed by atoms with Gasteiger partial charge < -0.3 is 4.98 Å². The topological polar surface area (TPSA) is 41.6 Å². The van der Waals surface area contributed by atoms with Gasteiger partial charge in [0.15, 0.2) is 0 Å². The van der Waals surface area contributed by atoms with Crippen LogP contribution in [0, 0.1) is 5.82 Å². The Morgan fingerprint density at radius 1 is 1.24 bits per heavy atom. The highest BCUT2D eigenvalue weighted by molar-refractivity contribution is 6.31. The summed E-state index contributed by atoms with van der Waals surface area (Å²) in [6, 6.07) is 4.57. The molecule has 0 spiro atoms. The maximum Gasteiger partial charge on any atom is 0.141 e. The van der Waals surface area contributed by atoms with E-state index < -0.39 is 5.82 Å². The molecule has 0 saturated carbocycles. The average Bonchev–Trinajstić information content (AvgIpc) is 2.80. The summed E-state index contributed by atoms with van der Waals surface area (Å²) in [5.74, 6) is -0.433. The van der Waals surface area contributed by atoms with E-state index in [4.69, 9.17) is 11.6 Å². The monoisotopic (exact) mass is 247 g/mol. The van der Waals surface area contributed by atoms with Crippen molar-refractivity contribution in [3.8, 4) is 11.1 Å². The summed E-state index contributed by atoms with van der Waals surface area (Å²) in [6.07, 6.45) is 4.98. The van der Waals surface area contributed by atoms with Crippen LogP contribution >= 0.6 is 11.6 Å². The Labute approximate surface area is 101 Å². The number of rotatable bonds is 1. The maximum absolute atomic E-state index is 13.1. The van der Waals surface area contributed by atoms with Crippen molar-refractivity contribution < 1.29 is 4.39 Å². The summed E-state index contributed by atoms with van der Waals surface area (Å²) in [5.41, 5.74) is 3.25. The van der Waals surface area contributed by atoms with Gasteiger partial charge in [-0.15, -0.1) is 0 Å². The van der Waals surface area contributed by atoms with E-state index in [1.165, 1.54) is 6.07 Å². The number of hydrogen-bond donors (Lipinski definition) is 1. The molecule has 1 aromatic carbocycles. The second-order valence-electron chi connectivity index (χ2n) is 3.61. The lowest BCUT2D eigenvalue weighted by Gasteiger charge is -2.03. The van der Waals surface area contributed by atoms with Gasteiger partial charge in [-0.3, -0.25) is 4.98 Å². The Hall–Kier alpha value is -1.94. The summed E-state index contributed by atoms with van der Waals surface area (Å²) in [6.45, 7) is 0. The zero-order valence-electron chi connectivity index (χ0n) is 8.61. The van der Waals surface area contributed by atoms with Crippen LogP contribution in [0.15, 0.2) is 36.9 Å². The van der Waals surface area contributed by atoms with Gasteiger partial charge in [0.2, 0.25) is 0 Å². The van der Waals surface area contributed by atoms with Gasteiger partial charge in [-0.25, -0.2) is 9.37 Å². The Kier molecular flexibility index (Phi) is 2.30. The van der Waals surface area contributed by atoms with Crippen LogP contribution in [0.2, 0.25) is 5.02 Å². The number of hydrogen-bond acceptors (Lipinski definition) is 2. The van der Waals surface area contributed by atoms with Gasteiger partial charge in [-0.1, -0.05) is 17.7 Å². The summed E-state index contributed by atoms with van der Waals surface area (Å²) in [7, 11) is 0. The van der Waals surface area contributed by atoms with Gasteiger partial charge >= 0.3 is 0 Å². The van der Waals surface area contributed by atoms with Crippen LogP contribution in [0.25, 0.3) is 22.2 Å². The molecule has 1 N–H and O–H groups in total. The number of fused-ring (bicyclic) bond motifs is 1. The van der Waals surface area contributed by atoms with Crippen LogP contribution in [-0.4, -0.2) is 15.0 Å². The fourth-order valence-electron chi connectivity index (χ4n) is 1.74. The number of nitrogens with zero attached hydrogens (tertiary/aromatic N) is 2. The lowest BCUT2D eigenvalue weighted by atomic mass is 10.1. The minimum atomic E-state index is -0.433. The van der Waals surface area contributed by atoms with Crippen molar-refractivity contribution in [1.29, 1.82) is 0 Å². The van der Waals surface area contributed by atoms with Crippen molar-refractivity contribution in [3.63, 3.8) is 0 Å². The third kappa shape index (κ3) is 1.66. The van der Waals surface area contributed by atoms with Crippen LogP contribution in [0.4, 0.5) is 4.39 Å². The second-order valence-corrected chi connectivity index (χ2v) is 4.02. The molecular weight excluding hydrogens is 241 g/mol. The molecule has 0 unspecified atom stereocenters. The number of aromatic amines is 1. The van der Waals surface area contributed by atoms with E-state index in [-0.39, 0.29) is 5.02 Å². The first kappa shape index (κ1) is 10.2. The number of benzene rings is 1. The molecule has 84 valence electrons. The van der Waals surface area contributed by atoms with Gasteiger partial charge in [0, 0.05) is 11.8 Å². The third-order valence-corrected chi connectivity index (χ3v) is 2.85. The first-order chi connectivity index (χ1) is 8.25. The highest BCUT2D eigenvalue weighted by Gasteiger charge is 2.08. The smallest absolute Gasteiger partial charge is 0.141 e. The van der Waals surface area contributed by atoms with Crippen LogP contribution in [0.3, 0.4) is 0 Å². The van der Waals surface area contributed by atoms with Gasteiger partial charge in [0.05, 0.1) is 28.6 Å². The number of nitrogens with one attached hydrogen (secondary N) is 1. The molecule has 0 bridgehead atoms. The van der Waals surface area contributed by atoms with Crippen molar-refractivity contribution >= 4 is 22.6 Å². The second kappa shape index (κ2) is 3.82. The van der Waals surface area contributed by atoms with Crippen molar-refractivity contribution in [2.24, 2.45) is 0 Å². The van der Waals surface area contributed by atoms with Crippen LogP contribution in [-0.2, 0) is 0 Å². The number of imidazole rings is 1. The highest BCUT2D eigenvalue weighted by Crippen LogP contribution is 2.28. The first-order valence-corrected chi connectivity index (χ1v) is 5.36. The van der Waals surface area contributed by atoms with E-state index in [2.05, 4.69) is 15.0 Å². The lowest BCUT2D eigenvalue weighted by molar-refractivity contribution is 0.628. The number of halogens is 2. The molecular formula is C12H7ClFN3. The molecule has 3 aromatic rings. The average molecular weight is 248 g/mol. The van der Waals surface area contributed by atoms with E-state index >= 15 is 0 Å². The Morgan fingerprint density at radius 2 is 2.12 bits per heavy atom. The molecule has 17 heavy (non-hydrogen) atoms. The lowest BCUT2D eigenvalue weighted by Crippen LogP contribution is -1.85. The third-order valence-electron chi connectivity index (χ3n) is 2.56. The Morgan fingerprint density at radius 3 is 2.94 bits per heavy atom. The Balaban J connectivity index is 2.26. The molecule has 3 nitrogen and oxygen atoms in total. The van der Waals surface area contributed by atoms with E-state index in [1.54, 1.807) is 30.9 Å². The summed E-state index contributed by atoms with van der Waals surface area (Å²) >= 11 is 5.77. The summed E-state index contributed by atoms with van der Waals surface area (Å²) < 4.78 is 13.1. The van der Waals surface area contributed by atoms with Crippen molar-refractivity contribution in [2.75, 3.05) is 0 Å². The van der Waals surface area contributed by atoms with Crippen molar-refractivity contribution in [1.82, 2.24) is 15.0 Å². The number of aromatic nitrogens is 3. The molecule has 0 atom stereocenters. The van der Waals surface area contributed by atoms with E-state index in [0.29, 0.717) is 0 Å². The zero-order chi connectivity index (χ0) is 11.8. The molecule has 0 radical (unpaired) electrons. The van der Waals surface area contributed by atoms with Gasteiger partial charge in [-0.2, -0.15) is 0 Å². The molecule has 5 heteroatoms. The predicted molar refractivity (Wildman–Crippen MR) is 64.3 cm³/mol. The number of H-pyrrole nitrogens is 1. The normalized spacial score (nSPS) is 10.9. The highest BCUT2D eigenvalue weighted by atomic mass is 35.5. The summed E-state index contributed by atoms with van der Waals surface area (Å²) in [4.78, 5) is 11.3. The van der Waals surface area contributed by atoms with Crippen molar-refractivity contribution in [3.05, 3.63) is 47.8 Å². The minimum absolute atomic E-state index is 0.0926. The fourth-order valence-corrected chi connectivity index (χ4v) is 1.92. The van der Waals surface area contributed by atoms with Gasteiger partial charge in [0.1, 0.15) is 5.82 Å². The molecule has 0 amide bonds. The molecule has 0 aliphatic heterocycles. The quantitative estimate of drug-likeness (QED) is 0.716. The molecule has 2 heterocycles. The molecule has 0 aliphatic carbocycles. The predicted octanol–water partition coefficient (Wildman–Crippen LogP) is 3.42. The molecule has 2 aromatic heterocycles. The molecule has 0 fully saturated rings. The van der Waals surface area contributed by atoms with Crippen LogP contribution in [0.5, 0.6) is 0 Å². The number of pyridine rings is 1. The van der Waals surface area contributed by atoms with E-state index in [1.807, 2.05) is 0 Å². The fraction of sp³-hybridized carbons (Fsp3) is 0. The molecule has 0 aliphatic rings. The zero-order valence-corrected chi connectivity index (χ0v) is 9.37. The maximum atomic E-state index is 13.1. The van der Waals surface area contributed by atoms with E-state index in [9.17, 15) is 4.39 Å². The van der Waals surface area contributed by atoms with Gasteiger partial charge in [-0.05, 0) is 17.7 Å². The minimum Gasteiger partial charge on any atom is -0.343 e. The van der Waals surface area contributed by atoms with Crippen LogP contribution < -0.4 is 0 Å². The van der Waals surface area contributed by atoms with Crippen LogP contribution in [0.1, 0.15) is 0 Å². The molecule has 3 rings (SSSR count). The Bertz CT molecular complexity index is 693. The first-order valence-electron chi connectivity index (χ1n) is 4.98. The standard InChI is InChI=1S/C12H7ClFN3/c13-9-3-7(1-2-10(9)14)8-4-15-5-11-12(8)17-6-16-11/h1-6H,(H,16,17). The largest absolute Gasteiger partial charge is 0.343 e.